The number of benzene rings is 1. The molecule has 2 aromatic rings. The normalized spacial score (nSPS) is 20.6. The van der Waals surface area contributed by atoms with Gasteiger partial charge in [0.15, 0.2) is 0 Å². The summed E-state index contributed by atoms with van der Waals surface area (Å²) in [5.41, 5.74) is 4.87. The van der Waals surface area contributed by atoms with Gasteiger partial charge in [-0.15, -0.1) is 0 Å². The number of ether oxygens (including phenoxy) is 1. The van der Waals surface area contributed by atoms with E-state index in [2.05, 4.69) is 54.3 Å². The van der Waals surface area contributed by atoms with Gasteiger partial charge in [-0.05, 0) is 44.0 Å². The molecule has 0 N–H and O–H groups in total. The molecule has 0 bridgehead atoms. The molecule has 4 rings (SSSR count). The van der Waals surface area contributed by atoms with Crippen LogP contribution in [0.1, 0.15) is 41.3 Å². The maximum absolute atomic E-state index is 12.6. The van der Waals surface area contributed by atoms with E-state index >= 15 is 0 Å². The van der Waals surface area contributed by atoms with Crippen molar-refractivity contribution in [3.63, 3.8) is 0 Å². The van der Waals surface area contributed by atoms with Crippen LogP contribution in [0.5, 0.6) is 0 Å². The first-order valence-corrected chi connectivity index (χ1v) is 10.8. The van der Waals surface area contributed by atoms with Crippen molar-refractivity contribution in [2.45, 2.75) is 32.1 Å². The number of morpholine rings is 1. The number of carbonyl (C=O) groups is 1. The number of hydrogen-bond acceptors (Lipinski definition) is 4. The van der Waals surface area contributed by atoms with Gasteiger partial charge in [-0.25, -0.2) is 0 Å². The zero-order chi connectivity index (χ0) is 20.1. The van der Waals surface area contributed by atoms with Crippen LogP contribution in [0.15, 0.2) is 42.5 Å². The third kappa shape index (κ3) is 5.43. The van der Waals surface area contributed by atoms with Crippen molar-refractivity contribution < 1.29 is 9.53 Å². The van der Waals surface area contributed by atoms with E-state index in [1.807, 2.05) is 4.90 Å². The number of likely N-dealkylation sites (tertiary alicyclic amines) is 1. The summed E-state index contributed by atoms with van der Waals surface area (Å²) >= 11 is 0. The predicted molar refractivity (Wildman–Crippen MR) is 114 cm³/mol. The molecule has 2 fully saturated rings. The molecule has 5 nitrogen and oxygen atoms in total. The number of amides is 1. The number of nitrogens with zero attached hydrogens (tertiary/aromatic N) is 3. The second-order valence-corrected chi connectivity index (χ2v) is 8.29. The van der Waals surface area contributed by atoms with Crippen LogP contribution in [0.2, 0.25) is 0 Å². The molecule has 0 spiro atoms. The van der Waals surface area contributed by atoms with Crippen molar-refractivity contribution in [1.29, 1.82) is 0 Å². The Bertz CT molecular complexity index is 832. The molecule has 0 aliphatic carbocycles. The minimum absolute atomic E-state index is 0.232. The Kier molecular flexibility index (Phi) is 6.57. The molecule has 1 aromatic carbocycles. The molecule has 1 unspecified atom stereocenters. The Labute approximate surface area is 173 Å². The van der Waals surface area contributed by atoms with Gasteiger partial charge in [0.05, 0.1) is 19.8 Å². The molecule has 1 atom stereocenters. The fourth-order valence-corrected chi connectivity index (χ4v) is 4.40. The maximum Gasteiger partial charge on any atom is 0.236 e. The first-order valence-electron chi connectivity index (χ1n) is 10.8. The monoisotopic (exact) mass is 393 g/mol. The predicted octanol–water partition coefficient (Wildman–Crippen LogP) is 3.02. The first kappa shape index (κ1) is 20.0. The van der Waals surface area contributed by atoms with Crippen molar-refractivity contribution in [2.24, 2.45) is 0 Å². The molecule has 1 aromatic heterocycles. The molecule has 29 heavy (non-hydrogen) atoms. The van der Waals surface area contributed by atoms with E-state index in [9.17, 15) is 4.79 Å². The van der Waals surface area contributed by atoms with Crippen LogP contribution in [0.3, 0.4) is 0 Å². The number of hydrogen-bond donors (Lipinski definition) is 0. The summed E-state index contributed by atoms with van der Waals surface area (Å²) in [6, 6.07) is 15.0. The molecule has 2 aliphatic heterocycles. The van der Waals surface area contributed by atoms with Crippen molar-refractivity contribution in [3.05, 3.63) is 65.0 Å². The lowest BCUT2D eigenvalue weighted by molar-refractivity contribution is -0.136. The largest absolute Gasteiger partial charge is 0.378 e. The molecular weight excluding hydrogens is 362 g/mol. The Morgan fingerprint density at radius 1 is 1.14 bits per heavy atom. The highest BCUT2D eigenvalue weighted by Crippen LogP contribution is 2.26. The van der Waals surface area contributed by atoms with Gasteiger partial charge in [0.1, 0.15) is 0 Å². The van der Waals surface area contributed by atoms with E-state index in [0.717, 1.165) is 51.1 Å². The molecule has 2 saturated heterocycles. The number of pyridine rings is 1. The summed E-state index contributed by atoms with van der Waals surface area (Å²) in [6.07, 6.45) is 3.12. The topological polar surface area (TPSA) is 45.7 Å². The molecule has 2 aliphatic rings. The van der Waals surface area contributed by atoms with E-state index in [0.29, 0.717) is 25.7 Å². The standard InChI is InChI=1S/C24H31N3O2/c1-19-5-2-6-20(15-19)16-22-8-3-9-23(25-22)21-7-4-10-26(17-21)18-24(28)27-11-13-29-14-12-27/h2-3,5-6,8-9,15,21H,4,7,10-14,16-18H2,1H3. The van der Waals surface area contributed by atoms with E-state index in [1.165, 1.54) is 16.8 Å². The third-order valence-electron chi connectivity index (χ3n) is 5.94. The van der Waals surface area contributed by atoms with Crippen molar-refractivity contribution in [2.75, 3.05) is 45.9 Å². The van der Waals surface area contributed by atoms with Gasteiger partial charge in [0, 0.05) is 43.4 Å². The van der Waals surface area contributed by atoms with Crippen LogP contribution in [0, 0.1) is 6.92 Å². The summed E-state index contributed by atoms with van der Waals surface area (Å²) in [7, 11) is 0. The number of carbonyl (C=O) groups excluding carboxylic acids is 1. The Balaban J connectivity index is 1.38. The average molecular weight is 394 g/mol. The highest BCUT2D eigenvalue weighted by Gasteiger charge is 2.26. The molecule has 154 valence electrons. The van der Waals surface area contributed by atoms with Gasteiger partial charge in [-0.3, -0.25) is 14.7 Å². The average Bonchev–Trinajstić information content (AvgIpc) is 2.75. The van der Waals surface area contributed by atoms with Crippen LogP contribution >= 0.6 is 0 Å². The SMILES string of the molecule is Cc1cccc(Cc2cccc(C3CCCN(CC(=O)N4CCOCC4)C3)n2)c1. The van der Waals surface area contributed by atoms with Crippen LogP contribution in [-0.2, 0) is 16.0 Å². The highest BCUT2D eigenvalue weighted by atomic mass is 16.5. The molecule has 0 saturated carbocycles. The maximum atomic E-state index is 12.6. The Morgan fingerprint density at radius 3 is 2.79 bits per heavy atom. The van der Waals surface area contributed by atoms with Gasteiger partial charge in [-0.1, -0.05) is 35.9 Å². The summed E-state index contributed by atoms with van der Waals surface area (Å²) < 4.78 is 5.36. The Morgan fingerprint density at radius 2 is 1.97 bits per heavy atom. The fraction of sp³-hybridized carbons (Fsp3) is 0.500. The number of rotatable bonds is 5. The van der Waals surface area contributed by atoms with E-state index in [4.69, 9.17) is 9.72 Å². The second kappa shape index (κ2) is 9.51. The van der Waals surface area contributed by atoms with Gasteiger partial charge in [-0.2, -0.15) is 0 Å². The van der Waals surface area contributed by atoms with E-state index in [-0.39, 0.29) is 5.91 Å². The zero-order valence-corrected chi connectivity index (χ0v) is 17.3. The summed E-state index contributed by atoms with van der Waals surface area (Å²) in [6.45, 7) is 7.31. The van der Waals surface area contributed by atoms with Crippen molar-refractivity contribution in [1.82, 2.24) is 14.8 Å². The third-order valence-corrected chi connectivity index (χ3v) is 5.94. The van der Waals surface area contributed by atoms with Crippen molar-refractivity contribution in [3.8, 4) is 0 Å². The lowest BCUT2D eigenvalue weighted by Gasteiger charge is -2.34. The van der Waals surface area contributed by atoms with E-state index in [1.54, 1.807) is 0 Å². The van der Waals surface area contributed by atoms with Crippen LogP contribution in [0.4, 0.5) is 0 Å². The minimum Gasteiger partial charge on any atom is -0.378 e. The molecule has 0 radical (unpaired) electrons. The summed E-state index contributed by atoms with van der Waals surface area (Å²) in [5, 5.41) is 0. The zero-order valence-electron chi connectivity index (χ0n) is 17.3. The lowest BCUT2D eigenvalue weighted by Crippen LogP contribution is -2.47. The minimum atomic E-state index is 0.232. The second-order valence-electron chi connectivity index (χ2n) is 8.29. The van der Waals surface area contributed by atoms with Gasteiger partial charge < -0.3 is 9.64 Å². The quantitative estimate of drug-likeness (QED) is 0.783. The van der Waals surface area contributed by atoms with Crippen LogP contribution in [0.25, 0.3) is 0 Å². The molecular formula is C24H31N3O2. The van der Waals surface area contributed by atoms with Gasteiger partial charge in [0.25, 0.3) is 0 Å². The lowest BCUT2D eigenvalue weighted by atomic mass is 9.93. The number of aryl methyl sites for hydroxylation is 1. The first-order chi connectivity index (χ1) is 14.2. The molecule has 5 heteroatoms. The smallest absolute Gasteiger partial charge is 0.236 e. The van der Waals surface area contributed by atoms with Crippen LogP contribution < -0.4 is 0 Å². The van der Waals surface area contributed by atoms with Crippen LogP contribution in [-0.4, -0.2) is 66.6 Å². The molecule has 1 amide bonds. The summed E-state index contributed by atoms with van der Waals surface area (Å²) in [4.78, 5) is 21.8. The van der Waals surface area contributed by atoms with Crippen molar-refractivity contribution >= 4 is 5.91 Å². The number of aromatic nitrogens is 1. The van der Waals surface area contributed by atoms with Gasteiger partial charge in [0.2, 0.25) is 5.91 Å². The molecule has 3 heterocycles. The highest BCUT2D eigenvalue weighted by molar-refractivity contribution is 5.78. The van der Waals surface area contributed by atoms with Gasteiger partial charge >= 0.3 is 0 Å². The fourth-order valence-electron chi connectivity index (χ4n) is 4.40. The number of piperidine rings is 1. The summed E-state index contributed by atoms with van der Waals surface area (Å²) in [5.74, 6) is 0.633. The van der Waals surface area contributed by atoms with E-state index < -0.39 is 0 Å². The Hall–Kier alpha value is -2.24.